The van der Waals surface area contributed by atoms with Gasteiger partial charge in [-0.1, -0.05) is 32.6 Å². The van der Waals surface area contributed by atoms with E-state index < -0.39 is 0 Å². The van der Waals surface area contributed by atoms with Gasteiger partial charge in [0, 0.05) is 6.04 Å². The molecule has 0 saturated heterocycles. The summed E-state index contributed by atoms with van der Waals surface area (Å²) >= 11 is 0. The van der Waals surface area contributed by atoms with Crippen LogP contribution in [0, 0.1) is 0 Å². The summed E-state index contributed by atoms with van der Waals surface area (Å²) in [5.74, 6) is 0. The topological polar surface area (TPSA) is 30.5 Å². The number of rotatable bonds is 7. The van der Waals surface area contributed by atoms with Crippen molar-refractivity contribution in [3.05, 3.63) is 0 Å². The number of hydrogen-bond donors (Lipinski definition) is 1. The predicted octanol–water partition coefficient (Wildman–Crippen LogP) is 3.91. The molecule has 1 N–H and O–H groups in total. The standard InChI is InChI=1S/C17H35NO2/c1-5-12-18-15-10-8-6-7-9-11-16(15)19-13-14-20-17(2,3)4/h15-16,18H,5-14H2,1-4H3. The van der Waals surface area contributed by atoms with Crippen LogP contribution in [-0.4, -0.2) is 37.5 Å². The zero-order valence-corrected chi connectivity index (χ0v) is 14.0. The molecular weight excluding hydrogens is 250 g/mol. The van der Waals surface area contributed by atoms with E-state index in [1.54, 1.807) is 0 Å². The highest BCUT2D eigenvalue weighted by Gasteiger charge is 2.23. The average molecular weight is 285 g/mol. The van der Waals surface area contributed by atoms with E-state index in [2.05, 4.69) is 33.0 Å². The Morgan fingerprint density at radius 2 is 1.70 bits per heavy atom. The molecule has 0 spiro atoms. The lowest BCUT2D eigenvalue weighted by Crippen LogP contribution is -2.43. The van der Waals surface area contributed by atoms with E-state index >= 15 is 0 Å². The molecule has 0 heterocycles. The van der Waals surface area contributed by atoms with Crippen LogP contribution >= 0.6 is 0 Å². The Kier molecular flexibility index (Phi) is 8.74. The molecule has 0 bridgehead atoms. The molecule has 20 heavy (non-hydrogen) atoms. The maximum Gasteiger partial charge on any atom is 0.0729 e. The van der Waals surface area contributed by atoms with Crippen molar-refractivity contribution in [3.8, 4) is 0 Å². The van der Waals surface area contributed by atoms with Gasteiger partial charge in [-0.3, -0.25) is 0 Å². The van der Waals surface area contributed by atoms with Gasteiger partial charge in [0.2, 0.25) is 0 Å². The minimum Gasteiger partial charge on any atom is -0.374 e. The first-order chi connectivity index (χ1) is 9.53. The van der Waals surface area contributed by atoms with Crippen molar-refractivity contribution < 1.29 is 9.47 Å². The highest BCUT2D eigenvalue weighted by molar-refractivity contribution is 4.79. The predicted molar refractivity (Wildman–Crippen MR) is 85.2 cm³/mol. The Morgan fingerprint density at radius 3 is 2.35 bits per heavy atom. The first-order valence-electron chi connectivity index (χ1n) is 8.52. The molecular formula is C17H35NO2. The highest BCUT2D eigenvalue weighted by atomic mass is 16.5. The largest absolute Gasteiger partial charge is 0.374 e. The van der Waals surface area contributed by atoms with Gasteiger partial charge in [0.05, 0.1) is 24.9 Å². The van der Waals surface area contributed by atoms with Crippen molar-refractivity contribution in [1.29, 1.82) is 0 Å². The van der Waals surface area contributed by atoms with Gasteiger partial charge in [-0.05, 0) is 46.6 Å². The molecule has 2 unspecified atom stereocenters. The molecule has 120 valence electrons. The molecule has 3 heteroatoms. The molecule has 0 aromatic rings. The molecule has 1 aliphatic carbocycles. The molecule has 1 fully saturated rings. The second kappa shape index (κ2) is 9.75. The molecule has 0 aromatic heterocycles. The summed E-state index contributed by atoms with van der Waals surface area (Å²) in [5, 5.41) is 3.68. The van der Waals surface area contributed by atoms with Crippen LogP contribution in [0.1, 0.15) is 72.6 Å². The maximum absolute atomic E-state index is 6.14. The SMILES string of the molecule is CCCNC1CCCCCCC1OCCOC(C)(C)C. The average Bonchev–Trinajstić information content (AvgIpc) is 2.35. The normalized spacial score (nSPS) is 25.2. The van der Waals surface area contributed by atoms with E-state index in [1.807, 2.05) is 0 Å². The lowest BCUT2D eigenvalue weighted by molar-refractivity contribution is -0.0618. The van der Waals surface area contributed by atoms with Crippen LogP contribution in [0.4, 0.5) is 0 Å². The summed E-state index contributed by atoms with van der Waals surface area (Å²) in [5.41, 5.74) is -0.0653. The molecule has 1 rings (SSSR count). The molecule has 1 saturated carbocycles. The minimum atomic E-state index is -0.0653. The fourth-order valence-electron chi connectivity index (χ4n) is 2.76. The van der Waals surface area contributed by atoms with Gasteiger partial charge in [0.1, 0.15) is 0 Å². The zero-order valence-electron chi connectivity index (χ0n) is 14.0. The lowest BCUT2D eigenvalue weighted by atomic mass is 9.94. The van der Waals surface area contributed by atoms with Crippen LogP contribution in [-0.2, 0) is 9.47 Å². The lowest BCUT2D eigenvalue weighted by Gasteiger charge is -2.30. The van der Waals surface area contributed by atoms with E-state index in [0.29, 0.717) is 25.4 Å². The first kappa shape index (κ1) is 17.9. The molecule has 3 nitrogen and oxygen atoms in total. The van der Waals surface area contributed by atoms with Gasteiger partial charge < -0.3 is 14.8 Å². The van der Waals surface area contributed by atoms with Crippen molar-refractivity contribution in [2.75, 3.05) is 19.8 Å². The molecule has 2 atom stereocenters. The number of ether oxygens (including phenoxy) is 2. The van der Waals surface area contributed by atoms with Gasteiger partial charge >= 0.3 is 0 Å². The molecule has 0 radical (unpaired) electrons. The third-order valence-corrected chi connectivity index (χ3v) is 3.81. The number of nitrogens with one attached hydrogen (secondary N) is 1. The van der Waals surface area contributed by atoms with Gasteiger partial charge in [0.25, 0.3) is 0 Å². The molecule has 0 aliphatic heterocycles. The van der Waals surface area contributed by atoms with Crippen LogP contribution in [0.15, 0.2) is 0 Å². The Balaban J connectivity index is 2.34. The summed E-state index contributed by atoms with van der Waals surface area (Å²) in [7, 11) is 0. The van der Waals surface area contributed by atoms with Crippen LogP contribution < -0.4 is 5.32 Å². The Bertz CT molecular complexity index is 236. The number of hydrogen-bond acceptors (Lipinski definition) is 3. The van der Waals surface area contributed by atoms with Crippen LogP contribution in [0.5, 0.6) is 0 Å². The highest BCUT2D eigenvalue weighted by Crippen LogP contribution is 2.20. The smallest absolute Gasteiger partial charge is 0.0729 e. The van der Waals surface area contributed by atoms with Crippen molar-refractivity contribution in [2.24, 2.45) is 0 Å². The van der Waals surface area contributed by atoms with Crippen molar-refractivity contribution >= 4 is 0 Å². The van der Waals surface area contributed by atoms with Crippen molar-refractivity contribution in [2.45, 2.75) is 90.4 Å². The Labute approximate surface area is 125 Å². The summed E-state index contributed by atoms with van der Waals surface area (Å²) in [6.07, 6.45) is 9.38. The van der Waals surface area contributed by atoms with Gasteiger partial charge in [-0.2, -0.15) is 0 Å². The van der Waals surface area contributed by atoms with Crippen LogP contribution in [0.2, 0.25) is 0 Å². The Morgan fingerprint density at radius 1 is 1.00 bits per heavy atom. The van der Waals surface area contributed by atoms with E-state index in [4.69, 9.17) is 9.47 Å². The third-order valence-electron chi connectivity index (χ3n) is 3.81. The zero-order chi connectivity index (χ0) is 14.8. The molecule has 0 aromatic carbocycles. The van der Waals surface area contributed by atoms with E-state index in [0.717, 1.165) is 6.54 Å². The fraction of sp³-hybridized carbons (Fsp3) is 1.00. The van der Waals surface area contributed by atoms with E-state index in [9.17, 15) is 0 Å². The molecule has 0 amide bonds. The summed E-state index contributed by atoms with van der Waals surface area (Å²) < 4.78 is 11.9. The second-order valence-electron chi connectivity index (χ2n) is 6.92. The third kappa shape index (κ3) is 8.23. The van der Waals surface area contributed by atoms with Crippen molar-refractivity contribution in [3.63, 3.8) is 0 Å². The summed E-state index contributed by atoms with van der Waals surface area (Å²) in [4.78, 5) is 0. The second-order valence-corrected chi connectivity index (χ2v) is 6.92. The minimum absolute atomic E-state index is 0.0653. The van der Waals surface area contributed by atoms with E-state index in [1.165, 1.54) is 44.9 Å². The van der Waals surface area contributed by atoms with Crippen LogP contribution in [0.25, 0.3) is 0 Å². The monoisotopic (exact) mass is 285 g/mol. The van der Waals surface area contributed by atoms with E-state index in [-0.39, 0.29) is 5.60 Å². The van der Waals surface area contributed by atoms with Gasteiger partial charge in [-0.25, -0.2) is 0 Å². The molecule has 1 aliphatic rings. The van der Waals surface area contributed by atoms with Gasteiger partial charge in [-0.15, -0.1) is 0 Å². The summed E-state index contributed by atoms with van der Waals surface area (Å²) in [6, 6.07) is 0.532. The Hall–Kier alpha value is -0.120. The van der Waals surface area contributed by atoms with Gasteiger partial charge in [0.15, 0.2) is 0 Å². The quantitative estimate of drug-likeness (QED) is 0.719. The fourth-order valence-corrected chi connectivity index (χ4v) is 2.76. The van der Waals surface area contributed by atoms with Crippen molar-refractivity contribution in [1.82, 2.24) is 5.32 Å². The first-order valence-corrected chi connectivity index (χ1v) is 8.52. The summed E-state index contributed by atoms with van der Waals surface area (Å²) in [6.45, 7) is 11.0. The maximum atomic E-state index is 6.14. The van der Waals surface area contributed by atoms with Crippen LogP contribution in [0.3, 0.4) is 0 Å².